The van der Waals surface area contributed by atoms with Gasteiger partial charge in [0.2, 0.25) is 0 Å². The Morgan fingerprint density at radius 2 is 2.00 bits per heavy atom. The van der Waals surface area contributed by atoms with Crippen molar-refractivity contribution in [3.8, 4) is 11.1 Å². The van der Waals surface area contributed by atoms with E-state index in [2.05, 4.69) is 45.5 Å². The summed E-state index contributed by atoms with van der Waals surface area (Å²) >= 11 is 6.16. The third-order valence-electron chi connectivity index (χ3n) is 5.96. The van der Waals surface area contributed by atoms with Crippen molar-refractivity contribution in [2.75, 3.05) is 23.3 Å². The van der Waals surface area contributed by atoms with Crippen molar-refractivity contribution < 1.29 is 4.79 Å². The van der Waals surface area contributed by atoms with Gasteiger partial charge in [0.15, 0.2) is 5.65 Å². The van der Waals surface area contributed by atoms with Crippen molar-refractivity contribution in [2.24, 2.45) is 0 Å². The van der Waals surface area contributed by atoms with Crippen molar-refractivity contribution in [3.05, 3.63) is 77.7 Å². The highest BCUT2D eigenvalue weighted by atomic mass is 35.5. The topological polar surface area (TPSA) is 74.6 Å². The van der Waals surface area contributed by atoms with E-state index in [0.29, 0.717) is 28.4 Å². The summed E-state index contributed by atoms with van der Waals surface area (Å²) in [5.74, 6) is -0.265. The van der Waals surface area contributed by atoms with Gasteiger partial charge in [0.25, 0.3) is 5.91 Å². The van der Waals surface area contributed by atoms with Crippen molar-refractivity contribution in [1.82, 2.24) is 19.9 Å². The molecule has 1 aliphatic heterocycles. The average Bonchev–Trinajstić information content (AvgIpc) is 3.24. The van der Waals surface area contributed by atoms with Gasteiger partial charge in [-0.25, -0.2) is 9.50 Å². The second-order valence-corrected chi connectivity index (χ2v) is 8.87. The van der Waals surface area contributed by atoms with Crippen molar-refractivity contribution in [3.63, 3.8) is 0 Å². The van der Waals surface area contributed by atoms with Gasteiger partial charge in [0.1, 0.15) is 5.69 Å². The largest absolute Gasteiger partial charge is 0.364 e. The Bertz CT molecular complexity index is 1320. The number of hydrogen-bond donors (Lipinski definition) is 2. The van der Waals surface area contributed by atoms with Gasteiger partial charge < -0.3 is 15.5 Å². The van der Waals surface area contributed by atoms with Crippen molar-refractivity contribution in [2.45, 2.75) is 25.9 Å². The first kappa shape index (κ1) is 21.4. The van der Waals surface area contributed by atoms with Crippen LogP contribution in [-0.2, 0) is 0 Å². The van der Waals surface area contributed by atoms with Crippen LogP contribution in [0, 0.1) is 0 Å². The monoisotopic (exact) mass is 460 g/mol. The van der Waals surface area contributed by atoms with E-state index in [1.807, 2.05) is 42.5 Å². The molecule has 168 valence electrons. The highest BCUT2D eigenvalue weighted by molar-refractivity contribution is 6.30. The Kier molecular flexibility index (Phi) is 5.74. The maximum atomic E-state index is 13.2. The molecule has 0 bridgehead atoms. The van der Waals surface area contributed by atoms with Gasteiger partial charge in [-0.05, 0) is 49.7 Å². The molecule has 2 aromatic heterocycles. The lowest BCUT2D eigenvalue weighted by Gasteiger charge is -2.40. The number of piperazine rings is 1. The standard InChI is InChI=1S/C25H25ClN6O/c1-16-15-31(17(2)13-27-16)23-9-4-3-8-21(23)30-25(33)22-10-11-32-24(29-22)20(14-28-32)18-6-5-7-19(26)12-18/h3-12,14,16-17,27H,13,15H2,1-2H3,(H,30,33). The molecule has 33 heavy (non-hydrogen) atoms. The average molecular weight is 461 g/mol. The molecule has 4 aromatic rings. The van der Waals surface area contributed by atoms with E-state index < -0.39 is 0 Å². The molecule has 0 spiro atoms. The van der Waals surface area contributed by atoms with Crippen molar-refractivity contribution >= 4 is 34.5 Å². The number of benzene rings is 2. The molecule has 2 atom stereocenters. The number of fused-ring (bicyclic) bond motifs is 1. The third kappa shape index (κ3) is 4.29. The van der Waals surface area contributed by atoms with Crippen LogP contribution in [0.25, 0.3) is 16.8 Å². The van der Waals surface area contributed by atoms with Crippen molar-refractivity contribution in [1.29, 1.82) is 0 Å². The zero-order chi connectivity index (χ0) is 22.9. The highest BCUT2D eigenvalue weighted by Gasteiger charge is 2.25. The summed E-state index contributed by atoms with van der Waals surface area (Å²) in [5, 5.41) is 11.6. The Morgan fingerprint density at radius 3 is 2.85 bits per heavy atom. The molecule has 2 unspecified atom stereocenters. The summed E-state index contributed by atoms with van der Waals surface area (Å²) in [5.41, 5.74) is 4.42. The smallest absolute Gasteiger partial charge is 0.274 e. The van der Waals surface area contributed by atoms with E-state index in [1.54, 1.807) is 23.0 Å². The quantitative estimate of drug-likeness (QED) is 0.469. The number of anilines is 2. The van der Waals surface area contributed by atoms with E-state index in [9.17, 15) is 4.79 Å². The normalized spacial score (nSPS) is 18.5. The number of carbonyl (C=O) groups excluding carboxylic acids is 1. The number of nitrogens with zero attached hydrogens (tertiary/aromatic N) is 4. The highest BCUT2D eigenvalue weighted by Crippen LogP contribution is 2.30. The van der Waals surface area contributed by atoms with E-state index in [0.717, 1.165) is 35.6 Å². The van der Waals surface area contributed by atoms with Crippen LogP contribution in [0.2, 0.25) is 5.02 Å². The summed E-state index contributed by atoms with van der Waals surface area (Å²) in [6.07, 6.45) is 3.48. The molecule has 7 nitrogen and oxygen atoms in total. The van der Waals surface area contributed by atoms with Gasteiger partial charge in [-0.3, -0.25) is 4.79 Å². The van der Waals surface area contributed by atoms with Gasteiger partial charge in [-0.1, -0.05) is 35.9 Å². The molecule has 5 rings (SSSR count). The summed E-state index contributed by atoms with van der Waals surface area (Å²) in [6.45, 7) is 6.12. The first-order valence-electron chi connectivity index (χ1n) is 11.0. The first-order valence-corrected chi connectivity index (χ1v) is 11.4. The predicted molar refractivity (Wildman–Crippen MR) is 132 cm³/mol. The second-order valence-electron chi connectivity index (χ2n) is 8.43. The summed E-state index contributed by atoms with van der Waals surface area (Å²) in [4.78, 5) is 20.2. The van der Waals surface area contributed by atoms with E-state index in [-0.39, 0.29) is 5.91 Å². The van der Waals surface area contributed by atoms with Crippen LogP contribution in [-0.4, -0.2) is 45.7 Å². The lowest BCUT2D eigenvalue weighted by molar-refractivity contribution is 0.102. The number of nitrogens with one attached hydrogen (secondary N) is 2. The molecule has 0 radical (unpaired) electrons. The lowest BCUT2D eigenvalue weighted by atomic mass is 10.1. The van der Waals surface area contributed by atoms with Gasteiger partial charge in [-0.15, -0.1) is 0 Å². The Labute approximate surface area is 197 Å². The zero-order valence-electron chi connectivity index (χ0n) is 18.5. The second kappa shape index (κ2) is 8.84. The number of amides is 1. The molecule has 1 amide bonds. The fraction of sp³-hybridized carbons (Fsp3) is 0.240. The molecule has 0 saturated carbocycles. The molecular weight excluding hydrogens is 436 g/mol. The number of rotatable bonds is 4. The van der Waals surface area contributed by atoms with E-state index in [4.69, 9.17) is 11.6 Å². The number of aromatic nitrogens is 3. The molecule has 1 fully saturated rings. The zero-order valence-corrected chi connectivity index (χ0v) is 19.3. The molecule has 0 aliphatic carbocycles. The van der Waals surface area contributed by atoms with E-state index >= 15 is 0 Å². The molecule has 8 heteroatoms. The molecule has 1 saturated heterocycles. The van der Waals surface area contributed by atoms with Crippen LogP contribution in [0.3, 0.4) is 0 Å². The van der Waals surface area contributed by atoms with E-state index in [1.165, 1.54) is 0 Å². The van der Waals surface area contributed by atoms with Crippen LogP contribution >= 0.6 is 11.6 Å². The SMILES string of the molecule is CC1CN(c2ccccc2NC(=O)c2ccn3ncc(-c4cccc(Cl)c4)c3n2)C(C)CN1. The Balaban J connectivity index is 1.45. The maximum absolute atomic E-state index is 13.2. The van der Waals surface area contributed by atoms with Crippen LogP contribution in [0.1, 0.15) is 24.3 Å². The maximum Gasteiger partial charge on any atom is 0.274 e. The van der Waals surface area contributed by atoms with Gasteiger partial charge in [0.05, 0.1) is 17.6 Å². The minimum absolute atomic E-state index is 0.265. The lowest BCUT2D eigenvalue weighted by Crippen LogP contribution is -2.54. The fourth-order valence-electron chi connectivity index (χ4n) is 4.23. The van der Waals surface area contributed by atoms with Crippen LogP contribution < -0.4 is 15.5 Å². The van der Waals surface area contributed by atoms with Gasteiger partial charge in [-0.2, -0.15) is 5.10 Å². The Hall–Kier alpha value is -3.42. The number of para-hydroxylation sites is 2. The molecule has 2 aromatic carbocycles. The van der Waals surface area contributed by atoms with Gasteiger partial charge in [0, 0.05) is 42.0 Å². The molecule has 1 aliphatic rings. The number of hydrogen-bond acceptors (Lipinski definition) is 5. The van der Waals surface area contributed by atoms with Crippen LogP contribution in [0.5, 0.6) is 0 Å². The molecule has 3 heterocycles. The fourth-order valence-corrected chi connectivity index (χ4v) is 4.42. The Morgan fingerprint density at radius 1 is 1.15 bits per heavy atom. The minimum atomic E-state index is -0.265. The number of halogens is 1. The van der Waals surface area contributed by atoms with Gasteiger partial charge >= 0.3 is 0 Å². The first-order chi connectivity index (χ1) is 16.0. The number of carbonyl (C=O) groups is 1. The molecular formula is C25H25ClN6O. The third-order valence-corrected chi connectivity index (χ3v) is 6.20. The summed E-state index contributed by atoms with van der Waals surface area (Å²) < 4.78 is 1.66. The predicted octanol–water partition coefficient (Wildman–Crippen LogP) is 4.49. The minimum Gasteiger partial charge on any atom is -0.364 e. The summed E-state index contributed by atoms with van der Waals surface area (Å²) in [7, 11) is 0. The summed E-state index contributed by atoms with van der Waals surface area (Å²) in [6, 6.07) is 17.8. The molecule has 2 N–H and O–H groups in total. The van der Waals surface area contributed by atoms with Crippen LogP contribution in [0.4, 0.5) is 11.4 Å². The van der Waals surface area contributed by atoms with Crippen LogP contribution in [0.15, 0.2) is 67.0 Å².